The van der Waals surface area contributed by atoms with Gasteiger partial charge in [0, 0.05) is 0 Å². The molecule has 1 aromatic rings. The van der Waals surface area contributed by atoms with Crippen LogP contribution in [0.5, 0.6) is 0 Å². The molecule has 0 aliphatic heterocycles. The second-order valence-corrected chi connectivity index (χ2v) is 4.12. The third kappa shape index (κ3) is 3.32. The summed E-state index contributed by atoms with van der Waals surface area (Å²) in [7, 11) is -4.89. The van der Waals surface area contributed by atoms with Crippen LogP contribution < -0.4 is 5.76 Å². The molecule has 1 rings (SSSR count). The van der Waals surface area contributed by atoms with Crippen LogP contribution in [0.25, 0.3) is 0 Å². The van der Waals surface area contributed by atoms with E-state index in [1.165, 1.54) is 0 Å². The van der Waals surface area contributed by atoms with Crippen molar-refractivity contribution in [3.8, 4) is 0 Å². The molecule has 0 N–H and O–H groups in total. The highest BCUT2D eigenvalue weighted by atomic mass is 32.3. The minimum Gasteiger partial charge on any atom is -0.383 e. The van der Waals surface area contributed by atoms with Crippen LogP contribution in [0, 0.1) is 0 Å². The lowest BCUT2D eigenvalue weighted by molar-refractivity contribution is -0.157. The molecular weight excluding hydrogens is 260 g/mol. The summed E-state index contributed by atoms with van der Waals surface area (Å²) in [5.41, 5.74) is 0. The maximum Gasteiger partial charge on any atom is 0.470 e. The second kappa shape index (κ2) is 3.88. The Balaban J connectivity index is 2.92. The van der Waals surface area contributed by atoms with Crippen LogP contribution in [0.15, 0.2) is 9.21 Å². The Morgan fingerprint density at radius 3 is 2.31 bits per heavy atom. The average molecular weight is 264 g/mol. The van der Waals surface area contributed by atoms with Crippen molar-refractivity contribution < 1.29 is 29.9 Å². The lowest BCUT2D eigenvalue weighted by Gasteiger charge is -1.97. The maximum absolute atomic E-state index is 12.0. The highest BCUT2D eigenvalue weighted by Gasteiger charge is 2.38. The molecule has 0 atom stereocenters. The zero-order chi connectivity index (χ0) is 12.6. The topological polar surface area (TPSA) is 82.2 Å². The van der Waals surface area contributed by atoms with Crippen molar-refractivity contribution in [2.45, 2.75) is 12.7 Å². The zero-order valence-corrected chi connectivity index (χ0v) is 8.18. The SMILES string of the molecule is O=c1oc(C(F)(F)F)nn1CCS(=O)(=O)F. The van der Waals surface area contributed by atoms with E-state index in [-0.39, 0.29) is 4.68 Å². The largest absolute Gasteiger partial charge is 0.470 e. The number of alkyl halides is 3. The van der Waals surface area contributed by atoms with E-state index in [2.05, 4.69) is 9.52 Å². The lowest BCUT2D eigenvalue weighted by atomic mass is 10.7. The molecule has 0 radical (unpaired) electrons. The standard InChI is InChI=1S/C5H4F4N2O4S/c6-5(7,8)3-10-11(4(12)15-3)1-2-16(9,13)14/h1-2H2. The van der Waals surface area contributed by atoms with Crippen molar-refractivity contribution in [3.63, 3.8) is 0 Å². The molecular formula is C5H4F4N2O4S. The molecule has 0 amide bonds. The molecule has 11 heteroatoms. The number of halogens is 4. The molecule has 0 saturated carbocycles. The molecule has 0 unspecified atom stereocenters. The summed E-state index contributed by atoms with van der Waals surface area (Å²) in [6, 6.07) is 0. The Bertz CT molecular complexity index is 527. The first-order valence-electron chi connectivity index (χ1n) is 3.67. The number of rotatable bonds is 3. The number of aryl methyl sites for hydroxylation is 1. The first-order valence-corrected chi connectivity index (χ1v) is 5.22. The minimum absolute atomic E-state index is 0.0833. The molecule has 0 fully saturated rings. The monoisotopic (exact) mass is 264 g/mol. The number of hydrogen-bond acceptors (Lipinski definition) is 5. The Morgan fingerprint density at radius 2 is 1.94 bits per heavy atom. The van der Waals surface area contributed by atoms with Crippen LogP contribution in [0.2, 0.25) is 0 Å². The Morgan fingerprint density at radius 1 is 1.38 bits per heavy atom. The highest BCUT2D eigenvalue weighted by Crippen LogP contribution is 2.26. The van der Waals surface area contributed by atoms with Gasteiger partial charge in [-0.25, -0.2) is 4.79 Å². The Kier molecular flexibility index (Phi) is 3.08. The van der Waals surface area contributed by atoms with E-state index >= 15 is 0 Å². The number of nitrogens with zero attached hydrogens (tertiary/aromatic N) is 2. The molecule has 0 aromatic carbocycles. The molecule has 0 aliphatic carbocycles. The van der Waals surface area contributed by atoms with Gasteiger partial charge in [-0.1, -0.05) is 0 Å². The summed E-state index contributed by atoms with van der Waals surface area (Å²) in [4.78, 5) is 10.7. The summed E-state index contributed by atoms with van der Waals surface area (Å²) in [5.74, 6) is -4.47. The van der Waals surface area contributed by atoms with E-state index in [0.717, 1.165) is 0 Å². The average Bonchev–Trinajstić information content (AvgIpc) is 2.41. The quantitative estimate of drug-likeness (QED) is 0.573. The molecule has 6 nitrogen and oxygen atoms in total. The van der Waals surface area contributed by atoms with Gasteiger partial charge in [0.05, 0.1) is 12.3 Å². The van der Waals surface area contributed by atoms with Gasteiger partial charge in [0.1, 0.15) is 0 Å². The highest BCUT2D eigenvalue weighted by molar-refractivity contribution is 7.86. The fourth-order valence-electron chi connectivity index (χ4n) is 0.758. The van der Waals surface area contributed by atoms with E-state index < -0.39 is 40.3 Å². The molecule has 0 spiro atoms. The van der Waals surface area contributed by atoms with Crippen molar-refractivity contribution >= 4 is 10.2 Å². The summed E-state index contributed by atoms with van der Waals surface area (Å²) in [6.45, 7) is -0.850. The summed E-state index contributed by atoms with van der Waals surface area (Å²) in [5, 5.41) is 2.67. The predicted octanol–water partition coefficient (Wildman–Crippen LogP) is 0.154. The van der Waals surface area contributed by atoms with Gasteiger partial charge in [-0.15, -0.1) is 8.98 Å². The predicted molar refractivity (Wildman–Crippen MR) is 40.7 cm³/mol. The van der Waals surface area contributed by atoms with Crippen LogP contribution in [0.4, 0.5) is 17.1 Å². The zero-order valence-electron chi connectivity index (χ0n) is 7.36. The fraction of sp³-hybridized carbons (Fsp3) is 0.600. The van der Waals surface area contributed by atoms with Crippen molar-refractivity contribution in [1.29, 1.82) is 0 Å². The Hall–Kier alpha value is -1.39. The van der Waals surface area contributed by atoms with Gasteiger partial charge in [0.25, 0.3) is 0 Å². The van der Waals surface area contributed by atoms with Crippen LogP contribution in [-0.4, -0.2) is 24.0 Å². The van der Waals surface area contributed by atoms with Crippen LogP contribution in [0.1, 0.15) is 5.89 Å². The van der Waals surface area contributed by atoms with E-state index in [1.807, 2.05) is 0 Å². The third-order valence-corrected chi connectivity index (χ3v) is 2.07. The van der Waals surface area contributed by atoms with Crippen molar-refractivity contribution in [2.75, 3.05) is 5.75 Å². The third-order valence-electron chi connectivity index (χ3n) is 1.40. The lowest BCUT2D eigenvalue weighted by Crippen LogP contribution is -2.20. The van der Waals surface area contributed by atoms with E-state index in [1.54, 1.807) is 0 Å². The van der Waals surface area contributed by atoms with Gasteiger partial charge in [-0.2, -0.15) is 26.3 Å². The van der Waals surface area contributed by atoms with Gasteiger partial charge in [0.2, 0.25) is 0 Å². The van der Waals surface area contributed by atoms with Gasteiger partial charge in [-0.05, 0) is 0 Å². The summed E-state index contributed by atoms with van der Waals surface area (Å²) < 4.78 is 71.8. The van der Waals surface area contributed by atoms with Crippen LogP contribution in [0.3, 0.4) is 0 Å². The molecule has 92 valence electrons. The molecule has 1 heterocycles. The maximum atomic E-state index is 12.0. The molecule has 0 bridgehead atoms. The second-order valence-electron chi connectivity index (χ2n) is 2.64. The first kappa shape index (κ1) is 12.7. The summed E-state index contributed by atoms with van der Waals surface area (Å²) in [6.07, 6.45) is -4.96. The van der Waals surface area contributed by atoms with Crippen molar-refractivity contribution in [1.82, 2.24) is 9.78 Å². The first-order chi connectivity index (χ1) is 7.09. The molecule has 1 aromatic heterocycles. The van der Waals surface area contributed by atoms with Crippen molar-refractivity contribution in [3.05, 3.63) is 16.4 Å². The number of hydrogen-bond donors (Lipinski definition) is 0. The van der Waals surface area contributed by atoms with Gasteiger partial charge in [0.15, 0.2) is 0 Å². The van der Waals surface area contributed by atoms with Crippen LogP contribution in [-0.2, 0) is 22.9 Å². The molecule has 16 heavy (non-hydrogen) atoms. The molecule has 0 aliphatic rings. The number of aromatic nitrogens is 2. The van der Waals surface area contributed by atoms with Gasteiger partial charge in [-0.3, -0.25) is 0 Å². The smallest absolute Gasteiger partial charge is 0.383 e. The summed E-state index contributed by atoms with van der Waals surface area (Å²) >= 11 is 0. The van der Waals surface area contributed by atoms with E-state index in [4.69, 9.17) is 0 Å². The van der Waals surface area contributed by atoms with E-state index in [9.17, 15) is 30.3 Å². The van der Waals surface area contributed by atoms with Crippen LogP contribution >= 0.6 is 0 Å². The van der Waals surface area contributed by atoms with Gasteiger partial charge >= 0.3 is 28.0 Å². The normalized spacial score (nSPS) is 13.0. The van der Waals surface area contributed by atoms with E-state index in [0.29, 0.717) is 0 Å². The van der Waals surface area contributed by atoms with Crippen molar-refractivity contribution in [2.24, 2.45) is 0 Å². The molecule has 0 saturated heterocycles. The fourth-order valence-corrected chi connectivity index (χ4v) is 1.15. The minimum atomic E-state index is -4.96. The van der Waals surface area contributed by atoms with Gasteiger partial charge < -0.3 is 4.42 Å². The Labute approximate surface area is 85.7 Å².